The molecule has 1 unspecified atom stereocenters. The smallest absolute Gasteiger partial charge is 0.284 e. The van der Waals surface area contributed by atoms with Gasteiger partial charge in [-0.25, -0.2) is 4.99 Å². The van der Waals surface area contributed by atoms with E-state index in [2.05, 4.69) is 33.2 Å². The monoisotopic (exact) mass is 206 g/mol. The zero-order valence-corrected chi connectivity index (χ0v) is 7.68. The number of methoxy groups -OCH3 is 1. The standard InChI is InChI=1S/C6H11BrN2O/c1-4(7)5-3-8-6(9-5)10-2/h4-5H,3H2,1-2H3,(H,8,9)/t4-,5?/m0/s1. The molecule has 0 fully saturated rings. The van der Waals surface area contributed by atoms with Gasteiger partial charge in [0.05, 0.1) is 19.7 Å². The van der Waals surface area contributed by atoms with Crippen LogP contribution in [-0.4, -0.2) is 30.5 Å². The second-order valence-electron chi connectivity index (χ2n) is 2.28. The summed E-state index contributed by atoms with van der Waals surface area (Å²) >= 11 is 3.47. The van der Waals surface area contributed by atoms with E-state index in [4.69, 9.17) is 4.74 Å². The summed E-state index contributed by atoms with van der Waals surface area (Å²) in [5.41, 5.74) is 0. The van der Waals surface area contributed by atoms with E-state index >= 15 is 0 Å². The molecule has 0 saturated heterocycles. The molecular formula is C6H11BrN2O. The highest BCUT2D eigenvalue weighted by Crippen LogP contribution is 2.08. The Labute approximate surface area is 69.0 Å². The summed E-state index contributed by atoms with van der Waals surface area (Å²) in [4.78, 5) is 4.54. The van der Waals surface area contributed by atoms with E-state index in [9.17, 15) is 0 Å². The predicted molar refractivity (Wildman–Crippen MR) is 44.6 cm³/mol. The molecule has 1 aliphatic rings. The molecule has 0 bridgehead atoms. The average molecular weight is 207 g/mol. The summed E-state index contributed by atoms with van der Waals surface area (Å²) < 4.78 is 4.91. The number of ether oxygens (including phenoxy) is 1. The maximum absolute atomic E-state index is 4.91. The van der Waals surface area contributed by atoms with E-state index in [0.29, 0.717) is 16.9 Å². The van der Waals surface area contributed by atoms with Gasteiger partial charge in [0.15, 0.2) is 0 Å². The SMILES string of the molecule is COC1=NCC([C@H](C)Br)N1. The minimum atomic E-state index is 0.384. The van der Waals surface area contributed by atoms with E-state index in [1.165, 1.54) is 0 Å². The second-order valence-corrected chi connectivity index (χ2v) is 3.72. The zero-order valence-electron chi connectivity index (χ0n) is 6.10. The fourth-order valence-electron chi connectivity index (χ4n) is 0.815. The van der Waals surface area contributed by atoms with Crippen molar-refractivity contribution in [1.82, 2.24) is 5.32 Å². The van der Waals surface area contributed by atoms with Gasteiger partial charge in [0.1, 0.15) is 0 Å². The minimum Gasteiger partial charge on any atom is -0.469 e. The Morgan fingerprint density at radius 3 is 2.90 bits per heavy atom. The quantitative estimate of drug-likeness (QED) is 0.643. The van der Waals surface area contributed by atoms with Gasteiger partial charge in [-0.2, -0.15) is 0 Å². The Morgan fingerprint density at radius 2 is 2.60 bits per heavy atom. The van der Waals surface area contributed by atoms with Crippen molar-refractivity contribution in [2.24, 2.45) is 4.99 Å². The van der Waals surface area contributed by atoms with Crippen LogP contribution in [0.4, 0.5) is 0 Å². The molecule has 0 amide bonds. The molecule has 1 aliphatic heterocycles. The molecule has 1 rings (SSSR count). The van der Waals surface area contributed by atoms with Crippen molar-refractivity contribution in [3.05, 3.63) is 0 Å². The van der Waals surface area contributed by atoms with Crippen LogP contribution in [0.25, 0.3) is 0 Å². The normalized spacial score (nSPS) is 27.1. The summed E-state index contributed by atoms with van der Waals surface area (Å²) in [5, 5.41) is 3.12. The van der Waals surface area contributed by atoms with Gasteiger partial charge >= 0.3 is 0 Å². The fraction of sp³-hybridized carbons (Fsp3) is 0.833. The Morgan fingerprint density at radius 1 is 1.90 bits per heavy atom. The van der Waals surface area contributed by atoms with Crippen molar-refractivity contribution in [2.45, 2.75) is 17.8 Å². The number of nitrogens with zero attached hydrogens (tertiary/aromatic N) is 1. The fourth-order valence-corrected chi connectivity index (χ4v) is 1.11. The molecule has 2 atom stereocenters. The molecule has 0 aliphatic carbocycles. The summed E-state index contributed by atoms with van der Waals surface area (Å²) in [6.45, 7) is 2.89. The summed E-state index contributed by atoms with van der Waals surface area (Å²) in [6, 6.07) is 1.03. The number of aliphatic imine (C=N–C) groups is 1. The lowest BCUT2D eigenvalue weighted by Crippen LogP contribution is -2.36. The van der Waals surface area contributed by atoms with Gasteiger partial charge in [-0.05, 0) is 0 Å². The lowest BCUT2D eigenvalue weighted by molar-refractivity contribution is 0.382. The number of amidine groups is 1. The van der Waals surface area contributed by atoms with Crippen LogP contribution in [0.5, 0.6) is 0 Å². The Balaban J connectivity index is 2.36. The Kier molecular flexibility index (Phi) is 2.54. The average Bonchev–Trinajstić information content (AvgIpc) is 2.34. The number of nitrogens with one attached hydrogen (secondary N) is 1. The van der Waals surface area contributed by atoms with Gasteiger partial charge in [0.2, 0.25) is 0 Å². The van der Waals surface area contributed by atoms with Gasteiger partial charge in [-0.1, -0.05) is 22.9 Å². The van der Waals surface area contributed by atoms with E-state index in [-0.39, 0.29) is 0 Å². The minimum absolute atomic E-state index is 0.384. The van der Waals surface area contributed by atoms with Gasteiger partial charge in [0.25, 0.3) is 6.02 Å². The molecule has 10 heavy (non-hydrogen) atoms. The predicted octanol–water partition coefficient (Wildman–Crippen LogP) is 0.744. The number of alkyl halides is 1. The van der Waals surface area contributed by atoms with E-state index in [1.807, 2.05) is 0 Å². The highest BCUT2D eigenvalue weighted by Gasteiger charge is 2.21. The maximum atomic E-state index is 4.91. The summed E-state index contributed by atoms with van der Waals surface area (Å²) in [6.07, 6.45) is 0. The first-order valence-electron chi connectivity index (χ1n) is 3.23. The first-order valence-corrected chi connectivity index (χ1v) is 4.14. The zero-order chi connectivity index (χ0) is 7.56. The van der Waals surface area contributed by atoms with Crippen molar-refractivity contribution < 1.29 is 4.74 Å². The van der Waals surface area contributed by atoms with Gasteiger partial charge in [-0.15, -0.1) is 0 Å². The molecule has 4 heteroatoms. The molecule has 1 N–H and O–H groups in total. The molecule has 0 saturated carbocycles. The molecule has 0 aromatic rings. The topological polar surface area (TPSA) is 33.6 Å². The van der Waals surface area contributed by atoms with Gasteiger partial charge in [0, 0.05) is 4.83 Å². The van der Waals surface area contributed by atoms with Crippen LogP contribution in [0.15, 0.2) is 4.99 Å². The molecule has 0 spiro atoms. The Hall–Kier alpha value is -0.250. The van der Waals surface area contributed by atoms with Crippen LogP contribution in [0.3, 0.4) is 0 Å². The molecule has 58 valence electrons. The first-order chi connectivity index (χ1) is 4.74. The van der Waals surface area contributed by atoms with Crippen LogP contribution in [0.2, 0.25) is 0 Å². The maximum Gasteiger partial charge on any atom is 0.284 e. The molecule has 3 nitrogen and oxygen atoms in total. The number of hydrogen-bond donors (Lipinski definition) is 1. The third-order valence-electron chi connectivity index (χ3n) is 1.49. The van der Waals surface area contributed by atoms with Gasteiger partial charge < -0.3 is 10.1 Å². The second kappa shape index (κ2) is 3.23. The number of hydrogen-bond acceptors (Lipinski definition) is 3. The van der Waals surface area contributed by atoms with E-state index in [1.54, 1.807) is 7.11 Å². The molecule has 0 aromatic carbocycles. The molecule has 1 heterocycles. The lowest BCUT2D eigenvalue weighted by atomic mass is 10.2. The van der Waals surface area contributed by atoms with Crippen LogP contribution < -0.4 is 5.32 Å². The lowest BCUT2D eigenvalue weighted by Gasteiger charge is -2.12. The third kappa shape index (κ3) is 1.62. The highest BCUT2D eigenvalue weighted by molar-refractivity contribution is 9.09. The van der Waals surface area contributed by atoms with Gasteiger partial charge in [-0.3, -0.25) is 0 Å². The highest BCUT2D eigenvalue weighted by atomic mass is 79.9. The van der Waals surface area contributed by atoms with Crippen LogP contribution in [0.1, 0.15) is 6.92 Å². The van der Waals surface area contributed by atoms with E-state index < -0.39 is 0 Å². The summed E-state index contributed by atoms with van der Waals surface area (Å²) in [7, 11) is 1.62. The number of rotatable bonds is 1. The van der Waals surface area contributed by atoms with Crippen LogP contribution in [-0.2, 0) is 4.74 Å². The molecular weight excluding hydrogens is 196 g/mol. The van der Waals surface area contributed by atoms with E-state index in [0.717, 1.165) is 6.54 Å². The van der Waals surface area contributed by atoms with Crippen molar-refractivity contribution >= 4 is 22.0 Å². The third-order valence-corrected chi connectivity index (χ3v) is 2.13. The van der Waals surface area contributed by atoms with Crippen molar-refractivity contribution in [3.8, 4) is 0 Å². The first kappa shape index (κ1) is 7.85. The number of halogens is 1. The van der Waals surface area contributed by atoms with Crippen molar-refractivity contribution in [1.29, 1.82) is 0 Å². The molecule has 0 aromatic heterocycles. The Bertz CT molecular complexity index is 147. The van der Waals surface area contributed by atoms with Crippen LogP contribution >= 0.6 is 15.9 Å². The van der Waals surface area contributed by atoms with Crippen molar-refractivity contribution in [2.75, 3.05) is 13.7 Å². The largest absolute Gasteiger partial charge is 0.469 e. The molecule has 0 radical (unpaired) electrons. The van der Waals surface area contributed by atoms with Crippen LogP contribution in [0, 0.1) is 0 Å². The van der Waals surface area contributed by atoms with Crippen molar-refractivity contribution in [3.63, 3.8) is 0 Å². The summed E-state index contributed by atoms with van der Waals surface area (Å²) in [5.74, 6) is 0.